The summed E-state index contributed by atoms with van der Waals surface area (Å²) in [6.45, 7) is 3.96. The zero-order chi connectivity index (χ0) is 34.9. The minimum Gasteiger partial charge on any atom is -0.493 e. The standard InChI is InChI=1S/C36H37BrN4O8/c1-5-47-29-17-24(33-32(35(43)46-4)21(2)39-36(44)40-33)13-14-28(29)48-20-31(42)41-38-18-22-15-27(37)34(30(16-22)45-3)49-19-25-11-8-10-23-9-6-7-12-26(23)25/h6-18,31,33,41-42H,5,19-20H2,1-4H3,(H2,39,40,44)/b38-18+/t31-,33+/m1/s1. The van der Waals surface area contributed by atoms with Crippen LogP contribution in [-0.2, 0) is 16.1 Å². The van der Waals surface area contributed by atoms with Gasteiger partial charge in [-0.3, -0.25) is 5.43 Å². The second-order valence-corrected chi connectivity index (χ2v) is 11.7. The van der Waals surface area contributed by atoms with Crippen LogP contribution >= 0.6 is 15.9 Å². The van der Waals surface area contributed by atoms with Gasteiger partial charge in [0, 0.05) is 5.70 Å². The fraction of sp³-hybridized carbons (Fsp3) is 0.250. The molecule has 0 saturated carbocycles. The van der Waals surface area contributed by atoms with Crippen molar-refractivity contribution in [3.63, 3.8) is 0 Å². The van der Waals surface area contributed by atoms with Crippen LogP contribution in [0.4, 0.5) is 4.79 Å². The number of fused-ring (bicyclic) bond motifs is 1. The van der Waals surface area contributed by atoms with Crippen LogP contribution in [0, 0.1) is 0 Å². The van der Waals surface area contributed by atoms with Crippen LogP contribution in [0.3, 0.4) is 0 Å². The van der Waals surface area contributed by atoms with E-state index in [1.807, 2.05) is 37.3 Å². The molecule has 0 spiro atoms. The van der Waals surface area contributed by atoms with E-state index < -0.39 is 24.3 Å². The van der Waals surface area contributed by atoms with Gasteiger partial charge in [-0.1, -0.05) is 48.5 Å². The van der Waals surface area contributed by atoms with Gasteiger partial charge in [0.1, 0.15) is 13.2 Å². The first-order valence-electron chi connectivity index (χ1n) is 15.4. The van der Waals surface area contributed by atoms with Gasteiger partial charge in [-0.15, -0.1) is 0 Å². The summed E-state index contributed by atoms with van der Waals surface area (Å²) >= 11 is 3.59. The predicted molar refractivity (Wildman–Crippen MR) is 188 cm³/mol. The second-order valence-electron chi connectivity index (χ2n) is 10.9. The fourth-order valence-electron chi connectivity index (χ4n) is 5.34. The molecule has 5 rings (SSSR count). The third kappa shape index (κ3) is 8.42. The van der Waals surface area contributed by atoms with Crippen LogP contribution < -0.4 is 35.0 Å². The van der Waals surface area contributed by atoms with Crippen molar-refractivity contribution in [1.29, 1.82) is 0 Å². The highest BCUT2D eigenvalue weighted by Crippen LogP contribution is 2.38. The van der Waals surface area contributed by atoms with E-state index in [0.717, 1.165) is 16.3 Å². The molecular formula is C36H37BrN4O8. The predicted octanol–water partition coefficient (Wildman–Crippen LogP) is 5.71. The number of ether oxygens (including phenoxy) is 5. The number of methoxy groups -OCH3 is 2. The number of nitrogens with one attached hydrogen (secondary N) is 3. The monoisotopic (exact) mass is 732 g/mol. The molecule has 2 atom stereocenters. The third-order valence-corrected chi connectivity index (χ3v) is 8.20. The number of urea groups is 1. The summed E-state index contributed by atoms with van der Waals surface area (Å²) in [5.74, 6) is 1.21. The number of hydrazone groups is 1. The molecule has 13 heteroatoms. The largest absolute Gasteiger partial charge is 0.493 e. The van der Waals surface area contributed by atoms with Gasteiger partial charge < -0.3 is 39.4 Å². The Morgan fingerprint density at radius 2 is 1.82 bits per heavy atom. The highest BCUT2D eigenvalue weighted by atomic mass is 79.9. The first-order chi connectivity index (χ1) is 23.7. The molecule has 0 fully saturated rings. The van der Waals surface area contributed by atoms with E-state index in [1.165, 1.54) is 13.3 Å². The highest BCUT2D eigenvalue weighted by molar-refractivity contribution is 9.10. The number of benzene rings is 4. The molecule has 1 heterocycles. The maximum absolute atomic E-state index is 12.5. The van der Waals surface area contributed by atoms with Gasteiger partial charge >= 0.3 is 12.0 Å². The number of amides is 2. The van der Waals surface area contributed by atoms with Gasteiger partial charge in [0.25, 0.3) is 0 Å². The Morgan fingerprint density at radius 1 is 1.02 bits per heavy atom. The number of aliphatic hydroxyl groups excluding tert-OH is 1. The Morgan fingerprint density at radius 3 is 2.59 bits per heavy atom. The van der Waals surface area contributed by atoms with Crippen LogP contribution in [0.25, 0.3) is 10.8 Å². The maximum atomic E-state index is 12.5. The number of aliphatic hydroxyl groups is 1. The minimum absolute atomic E-state index is 0.165. The molecule has 4 aromatic rings. The molecule has 0 saturated heterocycles. The van der Waals surface area contributed by atoms with E-state index in [4.69, 9.17) is 23.7 Å². The van der Waals surface area contributed by atoms with Gasteiger partial charge in [-0.05, 0) is 81.5 Å². The fourth-order valence-corrected chi connectivity index (χ4v) is 5.92. The third-order valence-electron chi connectivity index (χ3n) is 7.61. The van der Waals surface area contributed by atoms with Crippen molar-refractivity contribution in [3.8, 4) is 23.0 Å². The summed E-state index contributed by atoms with van der Waals surface area (Å²) in [6, 6.07) is 21.7. The Kier molecular flexibility index (Phi) is 11.6. The molecule has 4 aromatic carbocycles. The molecule has 0 aromatic heterocycles. The molecule has 4 N–H and O–H groups in total. The molecule has 2 amide bonds. The lowest BCUT2D eigenvalue weighted by atomic mass is 9.95. The van der Waals surface area contributed by atoms with E-state index in [2.05, 4.69) is 55.3 Å². The topological polar surface area (TPSA) is 149 Å². The zero-order valence-corrected chi connectivity index (χ0v) is 29.0. The molecule has 0 bridgehead atoms. The first kappa shape index (κ1) is 35.0. The second kappa shape index (κ2) is 16.2. The molecule has 0 aliphatic carbocycles. The van der Waals surface area contributed by atoms with Crippen molar-refractivity contribution < 1.29 is 38.4 Å². The summed E-state index contributed by atoms with van der Waals surface area (Å²) in [5, 5.41) is 22.3. The number of halogens is 1. The van der Waals surface area contributed by atoms with Crippen LogP contribution in [0.15, 0.2) is 93.6 Å². The zero-order valence-electron chi connectivity index (χ0n) is 27.4. The molecule has 0 radical (unpaired) electrons. The number of carbonyl (C=O) groups excluding carboxylic acids is 2. The molecule has 49 heavy (non-hydrogen) atoms. The molecule has 1 aliphatic rings. The summed E-state index contributed by atoms with van der Waals surface area (Å²) in [7, 11) is 2.84. The first-order valence-corrected chi connectivity index (χ1v) is 16.2. The summed E-state index contributed by atoms with van der Waals surface area (Å²) in [4.78, 5) is 24.7. The SMILES string of the molecule is CCOc1cc([C@@H]2NC(=O)NC(C)=C2C(=O)OC)ccc1OC[C@@H](O)N/N=C/c1cc(Br)c(OCc2cccc3ccccc23)c(OC)c1. The van der Waals surface area contributed by atoms with E-state index in [-0.39, 0.29) is 12.2 Å². The van der Waals surface area contributed by atoms with Gasteiger partial charge in [-0.25, -0.2) is 9.59 Å². The number of esters is 1. The van der Waals surface area contributed by atoms with E-state index in [1.54, 1.807) is 38.3 Å². The number of hydrogen-bond donors (Lipinski definition) is 4. The van der Waals surface area contributed by atoms with E-state index in [9.17, 15) is 14.7 Å². The normalized spacial score (nSPS) is 15.0. The lowest BCUT2D eigenvalue weighted by Gasteiger charge is -2.28. The maximum Gasteiger partial charge on any atom is 0.337 e. The molecule has 12 nitrogen and oxygen atoms in total. The average molecular weight is 734 g/mol. The Bertz CT molecular complexity index is 1890. The van der Waals surface area contributed by atoms with Gasteiger partial charge in [0.15, 0.2) is 29.2 Å². The van der Waals surface area contributed by atoms with Crippen molar-refractivity contribution in [2.75, 3.05) is 27.4 Å². The molecule has 1 aliphatic heterocycles. The summed E-state index contributed by atoms with van der Waals surface area (Å²) in [6.07, 6.45) is 0.367. The number of allylic oxidation sites excluding steroid dienone is 1. The Hall–Kier alpha value is -5.27. The smallest absolute Gasteiger partial charge is 0.337 e. The van der Waals surface area contributed by atoms with E-state index in [0.29, 0.717) is 57.5 Å². The molecule has 0 unspecified atom stereocenters. The molecule has 256 valence electrons. The lowest BCUT2D eigenvalue weighted by Crippen LogP contribution is -2.45. The minimum atomic E-state index is -1.17. The Labute approximate surface area is 292 Å². The lowest BCUT2D eigenvalue weighted by molar-refractivity contribution is -0.136. The van der Waals surface area contributed by atoms with Crippen molar-refractivity contribution in [2.45, 2.75) is 32.7 Å². The number of rotatable bonds is 14. The molecular weight excluding hydrogens is 696 g/mol. The van der Waals surface area contributed by atoms with Crippen LogP contribution in [0.5, 0.6) is 23.0 Å². The van der Waals surface area contributed by atoms with Gasteiger partial charge in [0.2, 0.25) is 0 Å². The summed E-state index contributed by atoms with van der Waals surface area (Å²) in [5.41, 5.74) is 5.63. The van der Waals surface area contributed by atoms with Crippen LogP contribution in [-0.4, -0.2) is 57.0 Å². The van der Waals surface area contributed by atoms with Gasteiger partial charge in [0.05, 0.1) is 43.1 Å². The van der Waals surface area contributed by atoms with Crippen molar-refractivity contribution >= 4 is 44.9 Å². The van der Waals surface area contributed by atoms with Crippen LogP contribution in [0.1, 0.15) is 36.6 Å². The van der Waals surface area contributed by atoms with E-state index >= 15 is 0 Å². The number of hydrogen-bond acceptors (Lipinski definition) is 10. The Balaban J connectivity index is 1.21. The average Bonchev–Trinajstić information content (AvgIpc) is 3.10. The van der Waals surface area contributed by atoms with Crippen molar-refractivity contribution in [1.82, 2.24) is 16.1 Å². The summed E-state index contributed by atoms with van der Waals surface area (Å²) < 4.78 is 29.0. The quantitative estimate of drug-likeness (QED) is 0.0554. The van der Waals surface area contributed by atoms with Crippen molar-refractivity contribution in [3.05, 3.63) is 105 Å². The number of nitrogens with zero attached hydrogens (tertiary/aromatic N) is 1. The van der Waals surface area contributed by atoms with Crippen molar-refractivity contribution in [2.24, 2.45) is 5.10 Å². The van der Waals surface area contributed by atoms with Gasteiger partial charge in [-0.2, -0.15) is 5.10 Å². The number of carbonyl (C=O) groups is 2. The van der Waals surface area contributed by atoms with Crippen LogP contribution in [0.2, 0.25) is 0 Å². The highest BCUT2D eigenvalue weighted by Gasteiger charge is 2.32.